The zero-order chi connectivity index (χ0) is 16.6. The minimum atomic E-state index is -0.230. The van der Waals surface area contributed by atoms with Gasteiger partial charge in [-0.05, 0) is 58.9 Å². The van der Waals surface area contributed by atoms with Crippen LogP contribution < -0.4 is 0 Å². The summed E-state index contributed by atoms with van der Waals surface area (Å²) in [5.41, 5.74) is 5.94. The number of carbonyl (C=O) groups excluding carboxylic acids is 1. The Morgan fingerprint density at radius 2 is 1.67 bits per heavy atom. The Morgan fingerprint density at radius 3 is 2.38 bits per heavy atom. The van der Waals surface area contributed by atoms with Gasteiger partial charge in [-0.1, -0.05) is 55.3 Å². The number of hydrogen-bond acceptors (Lipinski definition) is 1. The Balaban J connectivity index is 2.01. The van der Waals surface area contributed by atoms with Crippen LogP contribution in [0.3, 0.4) is 0 Å². The van der Waals surface area contributed by atoms with Gasteiger partial charge in [-0.2, -0.15) is 0 Å². The van der Waals surface area contributed by atoms with Crippen molar-refractivity contribution in [3.63, 3.8) is 0 Å². The molecule has 4 rings (SSSR count). The second-order valence-electron chi connectivity index (χ2n) is 6.63. The maximum Gasteiger partial charge on any atom is 0.142 e. The summed E-state index contributed by atoms with van der Waals surface area (Å²) >= 11 is 0. The quantitative estimate of drug-likeness (QED) is 0.561. The number of aldehydes is 1. The molecule has 1 fully saturated rings. The van der Waals surface area contributed by atoms with Gasteiger partial charge in [0.15, 0.2) is 0 Å². The first-order valence-corrected chi connectivity index (χ1v) is 8.49. The van der Waals surface area contributed by atoms with Crippen LogP contribution in [0.25, 0.3) is 5.57 Å². The molecule has 0 amide bonds. The summed E-state index contributed by atoms with van der Waals surface area (Å²) in [6.07, 6.45) is 9.00. The second-order valence-corrected chi connectivity index (χ2v) is 6.63. The Hall–Kier alpha value is -2.48. The SMILES string of the molecule is O=CC=CC1=C(c2ccc(F)cc2)c2ccccc2C12CCCC2. The van der Waals surface area contributed by atoms with Gasteiger partial charge >= 0.3 is 0 Å². The van der Waals surface area contributed by atoms with Gasteiger partial charge in [0.05, 0.1) is 0 Å². The average molecular weight is 318 g/mol. The molecule has 2 heteroatoms. The standard InChI is InChI=1S/C22H19FO/c23-17-11-9-16(10-12-17)21-18-6-1-2-7-19(18)22(13-3-4-14-22)20(21)8-5-15-24/h1-2,5-12,15H,3-4,13-14H2. The Kier molecular flexibility index (Phi) is 3.68. The summed E-state index contributed by atoms with van der Waals surface area (Å²) in [7, 11) is 0. The number of halogens is 1. The van der Waals surface area contributed by atoms with Crippen LogP contribution in [-0.2, 0) is 10.2 Å². The Labute approximate surface area is 141 Å². The molecule has 1 nitrogen and oxygen atoms in total. The molecule has 0 heterocycles. The van der Waals surface area contributed by atoms with E-state index in [0.717, 1.165) is 30.3 Å². The lowest BCUT2D eigenvalue weighted by atomic mass is 9.75. The van der Waals surface area contributed by atoms with Crippen LogP contribution in [0.1, 0.15) is 42.4 Å². The number of rotatable bonds is 3. The highest BCUT2D eigenvalue weighted by molar-refractivity contribution is 5.92. The fourth-order valence-corrected chi connectivity index (χ4v) is 4.47. The molecular weight excluding hydrogens is 299 g/mol. The minimum Gasteiger partial charge on any atom is -0.299 e. The minimum absolute atomic E-state index is 0.000176. The maximum atomic E-state index is 13.4. The summed E-state index contributed by atoms with van der Waals surface area (Å²) in [5.74, 6) is -0.230. The Morgan fingerprint density at radius 1 is 0.958 bits per heavy atom. The van der Waals surface area contributed by atoms with Gasteiger partial charge in [0.2, 0.25) is 0 Å². The number of allylic oxidation sites excluding steroid dienone is 3. The molecule has 2 aliphatic carbocycles. The van der Waals surface area contributed by atoms with E-state index < -0.39 is 0 Å². The molecule has 24 heavy (non-hydrogen) atoms. The monoisotopic (exact) mass is 318 g/mol. The molecule has 0 unspecified atom stereocenters. The topological polar surface area (TPSA) is 17.1 Å². The van der Waals surface area contributed by atoms with E-state index in [9.17, 15) is 9.18 Å². The van der Waals surface area contributed by atoms with Crippen LogP contribution in [0.2, 0.25) is 0 Å². The van der Waals surface area contributed by atoms with Crippen LogP contribution in [0.5, 0.6) is 0 Å². The maximum absolute atomic E-state index is 13.4. The number of hydrogen-bond donors (Lipinski definition) is 0. The predicted molar refractivity (Wildman–Crippen MR) is 94.2 cm³/mol. The third-order valence-electron chi connectivity index (χ3n) is 5.43. The van der Waals surface area contributed by atoms with Crippen LogP contribution in [0.15, 0.2) is 66.3 Å². The summed E-state index contributed by atoms with van der Waals surface area (Å²) in [6, 6.07) is 15.2. The molecule has 1 spiro atoms. The van der Waals surface area contributed by atoms with E-state index in [1.54, 1.807) is 6.08 Å². The highest BCUT2D eigenvalue weighted by Gasteiger charge is 2.45. The zero-order valence-corrected chi connectivity index (χ0v) is 13.5. The zero-order valence-electron chi connectivity index (χ0n) is 13.5. The van der Waals surface area contributed by atoms with E-state index in [-0.39, 0.29) is 11.2 Å². The summed E-state index contributed by atoms with van der Waals surface area (Å²) in [5, 5.41) is 0. The van der Waals surface area contributed by atoms with E-state index in [1.165, 1.54) is 41.7 Å². The van der Waals surface area contributed by atoms with Gasteiger partial charge in [0, 0.05) is 5.41 Å². The van der Waals surface area contributed by atoms with Crippen LogP contribution in [0, 0.1) is 5.82 Å². The third kappa shape index (κ3) is 2.17. The normalized spacial score (nSPS) is 18.5. The van der Waals surface area contributed by atoms with Gasteiger partial charge in [0.25, 0.3) is 0 Å². The lowest BCUT2D eigenvalue weighted by Gasteiger charge is -2.27. The van der Waals surface area contributed by atoms with Crippen molar-refractivity contribution < 1.29 is 9.18 Å². The molecule has 0 saturated heterocycles. The summed E-state index contributed by atoms with van der Waals surface area (Å²) in [6.45, 7) is 0. The number of carbonyl (C=O) groups is 1. The molecule has 2 aromatic carbocycles. The van der Waals surface area contributed by atoms with E-state index >= 15 is 0 Å². The van der Waals surface area contributed by atoms with Crippen molar-refractivity contribution in [1.82, 2.24) is 0 Å². The molecule has 120 valence electrons. The summed E-state index contributed by atoms with van der Waals surface area (Å²) < 4.78 is 13.4. The fraction of sp³-hybridized carbons (Fsp3) is 0.227. The van der Waals surface area contributed by atoms with Crippen molar-refractivity contribution >= 4 is 11.9 Å². The van der Waals surface area contributed by atoms with Crippen LogP contribution in [-0.4, -0.2) is 6.29 Å². The number of benzene rings is 2. The average Bonchev–Trinajstić information content (AvgIpc) is 3.20. The molecular formula is C22H19FO. The van der Waals surface area contributed by atoms with Gasteiger partial charge < -0.3 is 0 Å². The van der Waals surface area contributed by atoms with Crippen molar-refractivity contribution in [3.05, 3.63) is 88.8 Å². The van der Waals surface area contributed by atoms with Crippen molar-refractivity contribution in [3.8, 4) is 0 Å². The van der Waals surface area contributed by atoms with Crippen LogP contribution in [0.4, 0.5) is 4.39 Å². The smallest absolute Gasteiger partial charge is 0.142 e. The third-order valence-corrected chi connectivity index (χ3v) is 5.43. The van der Waals surface area contributed by atoms with Gasteiger partial charge in [-0.25, -0.2) is 4.39 Å². The predicted octanol–water partition coefficient (Wildman–Crippen LogP) is 5.21. The first-order valence-electron chi connectivity index (χ1n) is 8.49. The lowest BCUT2D eigenvalue weighted by Crippen LogP contribution is -2.21. The molecule has 0 bridgehead atoms. The van der Waals surface area contributed by atoms with E-state index in [0.29, 0.717) is 0 Å². The van der Waals surface area contributed by atoms with E-state index in [2.05, 4.69) is 24.3 Å². The highest BCUT2D eigenvalue weighted by atomic mass is 19.1. The van der Waals surface area contributed by atoms with Gasteiger partial charge in [0.1, 0.15) is 12.1 Å². The van der Waals surface area contributed by atoms with Gasteiger partial charge in [-0.15, -0.1) is 0 Å². The van der Waals surface area contributed by atoms with Crippen molar-refractivity contribution in [2.45, 2.75) is 31.1 Å². The fourth-order valence-electron chi connectivity index (χ4n) is 4.47. The van der Waals surface area contributed by atoms with Gasteiger partial charge in [-0.3, -0.25) is 4.79 Å². The molecule has 0 aromatic heterocycles. The van der Waals surface area contributed by atoms with Crippen molar-refractivity contribution in [2.75, 3.05) is 0 Å². The molecule has 2 aromatic rings. The second kappa shape index (κ2) is 5.86. The largest absolute Gasteiger partial charge is 0.299 e. The summed E-state index contributed by atoms with van der Waals surface area (Å²) in [4.78, 5) is 11.0. The number of fused-ring (bicyclic) bond motifs is 2. The van der Waals surface area contributed by atoms with Crippen LogP contribution >= 0.6 is 0 Å². The molecule has 0 radical (unpaired) electrons. The molecule has 0 atom stereocenters. The molecule has 1 saturated carbocycles. The molecule has 0 aliphatic heterocycles. The van der Waals surface area contributed by atoms with E-state index in [1.807, 2.05) is 18.2 Å². The molecule has 2 aliphatic rings. The Bertz CT molecular complexity index is 837. The lowest BCUT2D eigenvalue weighted by molar-refractivity contribution is -0.104. The highest BCUT2D eigenvalue weighted by Crippen LogP contribution is 2.56. The molecule has 0 N–H and O–H groups in total. The first-order chi connectivity index (χ1) is 11.8. The van der Waals surface area contributed by atoms with Crippen molar-refractivity contribution in [2.24, 2.45) is 0 Å². The van der Waals surface area contributed by atoms with Crippen molar-refractivity contribution in [1.29, 1.82) is 0 Å². The first kappa shape index (κ1) is 15.1. The van der Waals surface area contributed by atoms with E-state index in [4.69, 9.17) is 0 Å².